The Labute approximate surface area is 108 Å². The van der Waals surface area contributed by atoms with Crippen molar-refractivity contribution in [2.24, 2.45) is 0 Å². The number of fused-ring (bicyclic) bond motifs is 1. The summed E-state index contributed by atoms with van der Waals surface area (Å²) in [5, 5.41) is 6.41. The van der Waals surface area contributed by atoms with Crippen molar-refractivity contribution in [1.29, 1.82) is 0 Å². The van der Waals surface area contributed by atoms with E-state index in [0.717, 1.165) is 12.2 Å². The average Bonchev–Trinajstić information content (AvgIpc) is 2.84. The molecule has 3 heteroatoms. The van der Waals surface area contributed by atoms with Crippen LogP contribution in [0.25, 0.3) is 0 Å². The van der Waals surface area contributed by atoms with Crippen molar-refractivity contribution >= 4 is 0 Å². The molecule has 1 atom stereocenters. The molecule has 0 bridgehead atoms. The second kappa shape index (κ2) is 4.48. The minimum Gasteiger partial charge on any atom is -0.347 e. The topological polar surface area (TPSA) is 37.0 Å². The van der Waals surface area contributed by atoms with Crippen LogP contribution in [0, 0.1) is 0 Å². The zero-order chi connectivity index (χ0) is 12.5. The third kappa shape index (κ3) is 1.90. The molecule has 0 spiro atoms. The molecule has 0 aromatic carbocycles. The normalized spacial score (nSPS) is 19.6. The van der Waals surface area contributed by atoms with Gasteiger partial charge in [0.05, 0.1) is 5.82 Å². The third-order valence-corrected chi connectivity index (χ3v) is 3.90. The van der Waals surface area contributed by atoms with Crippen LogP contribution in [0.5, 0.6) is 0 Å². The minimum atomic E-state index is 0.367. The summed E-state index contributed by atoms with van der Waals surface area (Å²) in [7, 11) is 0. The van der Waals surface area contributed by atoms with Gasteiger partial charge >= 0.3 is 0 Å². The Hall–Kier alpha value is -1.77. The van der Waals surface area contributed by atoms with E-state index in [1.54, 1.807) is 0 Å². The summed E-state index contributed by atoms with van der Waals surface area (Å²) in [6.07, 6.45) is 8.83. The van der Waals surface area contributed by atoms with Crippen LogP contribution in [0.4, 0.5) is 0 Å². The first kappa shape index (κ1) is 11.3. The number of allylic oxidation sites excluding steroid dienone is 1. The van der Waals surface area contributed by atoms with Gasteiger partial charge in [-0.2, -0.15) is 0 Å². The summed E-state index contributed by atoms with van der Waals surface area (Å²) in [5.74, 6) is 1.23. The van der Waals surface area contributed by atoms with Crippen LogP contribution >= 0.6 is 0 Å². The number of nitrogens with zero attached hydrogens (tertiary/aromatic N) is 1. The second-order valence-corrected chi connectivity index (χ2v) is 5.10. The highest BCUT2D eigenvalue weighted by Crippen LogP contribution is 2.31. The van der Waals surface area contributed by atoms with Gasteiger partial charge in [0.25, 0.3) is 0 Å². The van der Waals surface area contributed by atoms with Gasteiger partial charge in [-0.25, -0.2) is 0 Å². The number of rotatable bonds is 2. The van der Waals surface area contributed by atoms with E-state index in [1.807, 2.05) is 12.4 Å². The van der Waals surface area contributed by atoms with Crippen molar-refractivity contribution < 1.29 is 0 Å². The van der Waals surface area contributed by atoms with Gasteiger partial charge < -0.3 is 10.6 Å². The third-order valence-electron chi connectivity index (χ3n) is 3.90. The zero-order valence-corrected chi connectivity index (χ0v) is 10.8. The molecule has 94 valence electrons. The smallest absolute Gasteiger partial charge is 0.0995 e. The molecule has 2 heterocycles. The fourth-order valence-electron chi connectivity index (χ4n) is 2.87. The molecule has 1 aliphatic carbocycles. The van der Waals surface area contributed by atoms with Crippen LogP contribution in [-0.4, -0.2) is 4.98 Å². The lowest BCUT2D eigenvalue weighted by molar-refractivity contribution is 0.652. The van der Waals surface area contributed by atoms with Crippen LogP contribution in [0.2, 0.25) is 0 Å². The van der Waals surface area contributed by atoms with E-state index in [9.17, 15) is 0 Å². The summed E-state index contributed by atoms with van der Waals surface area (Å²) in [6.45, 7) is 6.12. The lowest BCUT2D eigenvalue weighted by Crippen LogP contribution is -2.16. The van der Waals surface area contributed by atoms with Crippen LogP contribution in [0.15, 0.2) is 36.6 Å². The number of aryl methyl sites for hydroxylation is 1. The number of pyridine rings is 1. The zero-order valence-electron chi connectivity index (χ0n) is 10.8. The lowest BCUT2D eigenvalue weighted by atomic mass is 9.86. The van der Waals surface area contributed by atoms with E-state index in [-0.39, 0.29) is 0 Å². The second-order valence-electron chi connectivity index (χ2n) is 5.10. The molecular formula is C15H19N3. The van der Waals surface area contributed by atoms with Crippen molar-refractivity contribution in [2.45, 2.75) is 38.5 Å². The molecule has 0 saturated heterocycles. The van der Waals surface area contributed by atoms with Crippen LogP contribution in [0.3, 0.4) is 0 Å². The summed E-state index contributed by atoms with van der Waals surface area (Å²) < 4.78 is 0. The molecule has 0 amide bonds. The molecule has 3 nitrogen and oxygen atoms in total. The largest absolute Gasteiger partial charge is 0.347 e. The van der Waals surface area contributed by atoms with Crippen LogP contribution in [0.1, 0.15) is 42.5 Å². The Morgan fingerprint density at radius 2 is 2.17 bits per heavy atom. The maximum atomic E-state index is 4.53. The quantitative estimate of drug-likeness (QED) is 0.835. The summed E-state index contributed by atoms with van der Waals surface area (Å²) in [6, 6.07) is 2.17. The summed E-state index contributed by atoms with van der Waals surface area (Å²) >= 11 is 0. The van der Waals surface area contributed by atoms with Crippen LogP contribution in [-0.2, 0) is 12.8 Å². The Kier molecular flexibility index (Phi) is 2.82. The molecular weight excluding hydrogens is 222 g/mol. The van der Waals surface area contributed by atoms with Crippen molar-refractivity contribution in [3.05, 3.63) is 53.4 Å². The van der Waals surface area contributed by atoms with Gasteiger partial charge in [0.1, 0.15) is 0 Å². The fourth-order valence-corrected chi connectivity index (χ4v) is 2.87. The van der Waals surface area contributed by atoms with E-state index in [2.05, 4.69) is 35.2 Å². The maximum absolute atomic E-state index is 4.53. The number of hydrogen-bond donors (Lipinski definition) is 2. The van der Waals surface area contributed by atoms with Gasteiger partial charge in [0.2, 0.25) is 0 Å². The molecule has 0 radical (unpaired) electrons. The average molecular weight is 241 g/mol. The predicted molar refractivity (Wildman–Crippen MR) is 72.8 cm³/mol. The molecule has 2 N–H and O–H groups in total. The Bertz CT molecular complexity index is 516. The van der Waals surface area contributed by atoms with E-state index in [0.29, 0.717) is 5.92 Å². The van der Waals surface area contributed by atoms with E-state index >= 15 is 0 Å². The van der Waals surface area contributed by atoms with Gasteiger partial charge in [-0.3, -0.25) is 4.98 Å². The van der Waals surface area contributed by atoms with Crippen molar-refractivity contribution in [1.82, 2.24) is 15.6 Å². The van der Waals surface area contributed by atoms with Crippen molar-refractivity contribution in [3.8, 4) is 0 Å². The van der Waals surface area contributed by atoms with E-state index in [1.165, 1.54) is 41.8 Å². The van der Waals surface area contributed by atoms with Gasteiger partial charge in [0.15, 0.2) is 0 Å². The highest BCUT2D eigenvalue weighted by molar-refractivity contribution is 5.39. The summed E-state index contributed by atoms with van der Waals surface area (Å²) in [5.41, 5.74) is 5.38. The monoisotopic (exact) mass is 241 g/mol. The highest BCUT2D eigenvalue weighted by Gasteiger charge is 2.21. The van der Waals surface area contributed by atoms with Gasteiger partial charge in [-0.1, -0.05) is 13.5 Å². The van der Waals surface area contributed by atoms with Crippen LogP contribution < -0.4 is 10.6 Å². The first-order valence-corrected chi connectivity index (χ1v) is 6.65. The standard InChI is InChI=1S/C15H19N3/c1-10(15-9-17-11(2)18-15)12-7-8-16-14-6-4-3-5-13(12)14/h7-10,17-18H,2-6H2,1H3. The van der Waals surface area contributed by atoms with Crippen molar-refractivity contribution in [3.63, 3.8) is 0 Å². The first-order valence-electron chi connectivity index (χ1n) is 6.65. The SMILES string of the molecule is C=C1NC=C(C(C)c2ccnc3c2CCCC3)N1. The number of hydrogen-bond acceptors (Lipinski definition) is 3. The highest BCUT2D eigenvalue weighted by atomic mass is 15.1. The van der Waals surface area contributed by atoms with Gasteiger partial charge in [-0.05, 0) is 42.9 Å². The minimum absolute atomic E-state index is 0.367. The van der Waals surface area contributed by atoms with Gasteiger partial charge in [0, 0.05) is 29.7 Å². The predicted octanol–water partition coefficient (Wildman–Crippen LogP) is 2.57. The van der Waals surface area contributed by atoms with Crippen molar-refractivity contribution in [2.75, 3.05) is 0 Å². The number of nitrogens with one attached hydrogen (secondary N) is 2. The molecule has 0 saturated carbocycles. The van der Waals surface area contributed by atoms with E-state index in [4.69, 9.17) is 0 Å². The Morgan fingerprint density at radius 3 is 2.94 bits per heavy atom. The molecule has 0 fully saturated rings. The number of aromatic nitrogens is 1. The maximum Gasteiger partial charge on any atom is 0.0995 e. The molecule has 1 aromatic heterocycles. The molecule has 1 unspecified atom stereocenters. The molecule has 1 aliphatic heterocycles. The molecule has 2 aliphatic rings. The molecule has 3 rings (SSSR count). The van der Waals surface area contributed by atoms with E-state index < -0.39 is 0 Å². The Morgan fingerprint density at radius 1 is 1.33 bits per heavy atom. The Balaban J connectivity index is 1.94. The molecule has 1 aromatic rings. The van der Waals surface area contributed by atoms with Gasteiger partial charge in [-0.15, -0.1) is 0 Å². The summed E-state index contributed by atoms with van der Waals surface area (Å²) in [4.78, 5) is 4.53. The lowest BCUT2D eigenvalue weighted by Gasteiger charge is -2.22. The first-order chi connectivity index (χ1) is 8.75. The molecule has 18 heavy (non-hydrogen) atoms. The fraction of sp³-hybridized carbons (Fsp3) is 0.400.